The van der Waals surface area contributed by atoms with Crippen molar-refractivity contribution in [2.24, 2.45) is 0 Å². The van der Waals surface area contributed by atoms with Crippen LogP contribution >= 0.6 is 19.2 Å². The van der Waals surface area contributed by atoms with Gasteiger partial charge in [0.25, 0.3) is 0 Å². The molecule has 2 aromatic carbocycles. The molecule has 0 spiro atoms. The van der Waals surface area contributed by atoms with Crippen molar-refractivity contribution < 1.29 is 18.4 Å². The summed E-state index contributed by atoms with van der Waals surface area (Å²) in [7, 11) is -1.07. The van der Waals surface area contributed by atoms with Crippen molar-refractivity contribution in [2.75, 3.05) is 25.0 Å². The van der Waals surface area contributed by atoms with E-state index in [2.05, 4.69) is 0 Å². The first-order chi connectivity index (χ1) is 12.6. The van der Waals surface area contributed by atoms with Gasteiger partial charge in [0, 0.05) is 19.9 Å². The number of rotatable bonds is 8. The van der Waals surface area contributed by atoms with E-state index < -0.39 is 19.3 Å². The summed E-state index contributed by atoms with van der Waals surface area (Å²) in [6.45, 7) is 0. The molecule has 0 saturated carbocycles. The summed E-state index contributed by atoms with van der Waals surface area (Å²) in [5.74, 6) is -1.64. The van der Waals surface area contributed by atoms with E-state index in [0.29, 0.717) is 5.69 Å². The van der Waals surface area contributed by atoms with Crippen LogP contribution in [0.4, 0.5) is 5.69 Å². The smallest absolute Gasteiger partial charge is 0.310 e. The molecule has 1 amide bonds. The molecule has 138 valence electrons. The lowest BCUT2D eigenvalue weighted by Gasteiger charge is -2.32. The highest BCUT2D eigenvalue weighted by molar-refractivity contribution is 7.55. The van der Waals surface area contributed by atoms with Crippen molar-refractivity contribution in [2.45, 2.75) is 5.78 Å². The largest absolute Gasteiger partial charge is 0.356 e. The first-order valence-electron chi connectivity index (χ1n) is 7.93. The van der Waals surface area contributed by atoms with Crippen LogP contribution in [0, 0.1) is 0 Å². The molecule has 0 aliphatic carbocycles. The monoisotopic (exact) mass is 393 g/mol. The van der Waals surface area contributed by atoms with Crippen molar-refractivity contribution in [1.29, 1.82) is 0 Å². The van der Waals surface area contributed by atoms with Gasteiger partial charge in [0.05, 0.1) is 0 Å². The lowest BCUT2D eigenvalue weighted by molar-refractivity contribution is -0.116. The van der Waals surface area contributed by atoms with Gasteiger partial charge in [0.1, 0.15) is 5.88 Å². The molecule has 2 aromatic rings. The Hall–Kier alpha value is -1.91. The van der Waals surface area contributed by atoms with Gasteiger partial charge >= 0.3 is 7.60 Å². The Morgan fingerprint density at radius 1 is 1.08 bits per heavy atom. The number of benzene rings is 2. The minimum absolute atomic E-state index is 0.266. The summed E-state index contributed by atoms with van der Waals surface area (Å²) >= 11 is 5.81. The quantitative estimate of drug-likeness (QED) is 0.478. The van der Waals surface area contributed by atoms with Crippen LogP contribution in [0.15, 0.2) is 66.7 Å². The molecule has 0 fully saturated rings. The zero-order valence-corrected chi connectivity index (χ0v) is 16.3. The number of para-hydroxylation sites is 1. The third-order valence-electron chi connectivity index (χ3n) is 3.78. The average Bonchev–Trinajstić information content (AvgIpc) is 2.71. The first kappa shape index (κ1) is 20.4. The van der Waals surface area contributed by atoms with Crippen molar-refractivity contribution in [3.8, 4) is 0 Å². The number of nitrogens with zero attached hydrogens (tertiary/aromatic N) is 1. The molecule has 0 bridgehead atoms. The zero-order valence-electron chi connectivity index (χ0n) is 14.6. The van der Waals surface area contributed by atoms with Crippen LogP contribution in [-0.4, -0.2) is 31.8 Å². The number of amides is 1. The summed E-state index contributed by atoms with van der Waals surface area (Å²) in [5, 5.41) is 0. The molecule has 0 radical (unpaired) electrons. The van der Waals surface area contributed by atoms with Crippen LogP contribution in [0.3, 0.4) is 0 Å². The van der Waals surface area contributed by atoms with E-state index in [9.17, 15) is 9.36 Å². The molecule has 2 rings (SSSR count). The fraction of sp³-hybridized carbons (Fsp3) is 0.211. The molecule has 0 aliphatic heterocycles. The molecule has 0 heterocycles. The van der Waals surface area contributed by atoms with E-state index in [1.807, 2.05) is 36.4 Å². The summed E-state index contributed by atoms with van der Waals surface area (Å²) in [4.78, 5) is 13.9. The molecule has 0 aliphatic rings. The molecule has 0 aromatic heterocycles. The van der Waals surface area contributed by atoms with Crippen LogP contribution in [0.2, 0.25) is 0 Å². The normalized spacial score (nSPS) is 12.9. The van der Waals surface area contributed by atoms with Gasteiger partial charge in [-0.3, -0.25) is 14.3 Å². The summed E-state index contributed by atoms with van der Waals surface area (Å²) in [6, 6.07) is 18.3. The predicted molar refractivity (Wildman–Crippen MR) is 106 cm³/mol. The Bertz CT molecular complexity index is 775. The van der Waals surface area contributed by atoms with E-state index >= 15 is 0 Å². The Labute approximate surface area is 158 Å². The molecule has 26 heavy (non-hydrogen) atoms. The van der Waals surface area contributed by atoms with Gasteiger partial charge in [-0.15, -0.1) is 11.6 Å². The average molecular weight is 394 g/mol. The maximum Gasteiger partial charge on any atom is 0.356 e. The number of anilines is 1. The number of carbonyl (C=O) groups is 1. The minimum atomic E-state index is -3.66. The molecule has 7 heteroatoms. The van der Waals surface area contributed by atoms with Gasteiger partial charge in [-0.05, 0) is 23.8 Å². The maximum absolute atomic E-state index is 13.2. The van der Waals surface area contributed by atoms with E-state index in [-0.39, 0.29) is 5.88 Å². The molecule has 0 N–H and O–H groups in total. The fourth-order valence-corrected chi connectivity index (χ4v) is 4.03. The van der Waals surface area contributed by atoms with Crippen LogP contribution < -0.4 is 4.90 Å². The lowest BCUT2D eigenvalue weighted by atomic mass is 10.2. The fourth-order valence-electron chi connectivity index (χ4n) is 2.48. The Kier molecular flexibility index (Phi) is 7.61. The first-order valence-corrected chi connectivity index (χ1v) is 10.1. The number of carbonyl (C=O) groups excluding carboxylic acids is 1. The maximum atomic E-state index is 13.2. The minimum Gasteiger partial charge on any atom is -0.310 e. The summed E-state index contributed by atoms with van der Waals surface area (Å²) in [5.41, 5.74) is 1.44. The van der Waals surface area contributed by atoms with E-state index in [4.69, 9.17) is 20.6 Å². The highest BCUT2D eigenvalue weighted by Gasteiger charge is 2.39. The standard InChI is InChI=1S/C19H21ClNO4P/c1-24-26(23,25-2)19(14-13-16-9-5-3-6-10-16)21(18(22)15-20)17-11-7-4-8-12-17/h3-14,19H,15H2,1-2H3/b14-13+. The van der Waals surface area contributed by atoms with Gasteiger partial charge in [-0.1, -0.05) is 54.6 Å². The highest BCUT2D eigenvalue weighted by Crippen LogP contribution is 2.54. The van der Waals surface area contributed by atoms with Crippen LogP contribution in [-0.2, 0) is 18.4 Å². The van der Waals surface area contributed by atoms with Crippen LogP contribution in [0.1, 0.15) is 5.56 Å². The second kappa shape index (κ2) is 9.70. The second-order valence-corrected chi connectivity index (χ2v) is 7.93. The van der Waals surface area contributed by atoms with Gasteiger partial charge in [-0.2, -0.15) is 0 Å². The number of hydrogen-bond acceptors (Lipinski definition) is 4. The van der Waals surface area contributed by atoms with Crippen molar-refractivity contribution in [3.63, 3.8) is 0 Å². The van der Waals surface area contributed by atoms with Crippen molar-refractivity contribution >= 4 is 36.9 Å². The lowest BCUT2D eigenvalue weighted by Crippen LogP contribution is -2.40. The zero-order chi connectivity index (χ0) is 19.0. The van der Waals surface area contributed by atoms with Gasteiger partial charge < -0.3 is 9.05 Å². The van der Waals surface area contributed by atoms with Gasteiger partial charge in [0.15, 0.2) is 5.78 Å². The third kappa shape index (κ3) is 4.83. The number of halogens is 1. The van der Waals surface area contributed by atoms with E-state index in [1.54, 1.807) is 36.4 Å². The molecule has 1 atom stereocenters. The van der Waals surface area contributed by atoms with Gasteiger partial charge in [-0.25, -0.2) is 0 Å². The summed E-state index contributed by atoms with van der Waals surface area (Å²) in [6.07, 6.45) is 3.41. The molecule has 1 unspecified atom stereocenters. The molecule has 5 nitrogen and oxygen atoms in total. The van der Waals surface area contributed by atoms with Crippen molar-refractivity contribution in [3.05, 3.63) is 72.3 Å². The molecular formula is C19H21ClNO4P. The predicted octanol–water partition coefficient (Wildman–Crippen LogP) is 4.78. The number of hydrogen-bond donors (Lipinski definition) is 0. The second-order valence-electron chi connectivity index (χ2n) is 5.32. The Morgan fingerprint density at radius 2 is 1.62 bits per heavy atom. The SMILES string of the molecule is COP(=O)(OC)C(/C=C/c1ccccc1)N(C(=O)CCl)c1ccccc1. The summed E-state index contributed by atoms with van der Waals surface area (Å²) < 4.78 is 23.5. The van der Waals surface area contributed by atoms with Crippen molar-refractivity contribution in [1.82, 2.24) is 0 Å². The van der Waals surface area contributed by atoms with Gasteiger partial charge in [0.2, 0.25) is 5.91 Å². The topological polar surface area (TPSA) is 55.8 Å². The van der Waals surface area contributed by atoms with Crippen LogP contribution in [0.5, 0.6) is 0 Å². The number of alkyl halides is 1. The molecule has 0 saturated heterocycles. The van der Waals surface area contributed by atoms with E-state index in [0.717, 1.165) is 5.56 Å². The highest BCUT2D eigenvalue weighted by atomic mass is 35.5. The third-order valence-corrected chi connectivity index (χ3v) is 6.07. The Morgan fingerprint density at radius 3 is 2.12 bits per heavy atom. The Balaban J connectivity index is 2.54. The van der Waals surface area contributed by atoms with E-state index in [1.165, 1.54) is 19.1 Å². The van der Waals surface area contributed by atoms with Crippen LogP contribution in [0.25, 0.3) is 6.08 Å². The molecular weight excluding hydrogens is 373 g/mol.